The van der Waals surface area contributed by atoms with E-state index < -0.39 is 0 Å². The lowest BCUT2D eigenvalue weighted by Crippen LogP contribution is -2.09. The lowest BCUT2D eigenvalue weighted by atomic mass is 10.3. The molecule has 1 N–H and O–H groups in total. The highest BCUT2D eigenvalue weighted by Crippen LogP contribution is 2.15. The van der Waals surface area contributed by atoms with Crippen LogP contribution in [0.15, 0.2) is 16.0 Å². The molecule has 0 saturated carbocycles. The van der Waals surface area contributed by atoms with Gasteiger partial charge < -0.3 is 4.98 Å². The molecule has 0 radical (unpaired) electrons. The summed E-state index contributed by atoms with van der Waals surface area (Å²) >= 11 is 1.01. The van der Waals surface area contributed by atoms with E-state index in [4.69, 9.17) is 0 Å². The second-order valence-corrected chi connectivity index (χ2v) is 4.32. The van der Waals surface area contributed by atoms with Gasteiger partial charge in [0.1, 0.15) is 0 Å². The quantitative estimate of drug-likeness (QED) is 0.629. The van der Waals surface area contributed by atoms with Crippen molar-refractivity contribution in [2.24, 2.45) is 0 Å². The molecule has 1 aromatic heterocycles. The van der Waals surface area contributed by atoms with Gasteiger partial charge in [-0.05, 0) is 25.1 Å². The molecule has 82 valence electrons. The molecule has 0 saturated heterocycles. The van der Waals surface area contributed by atoms with Crippen molar-refractivity contribution in [3.05, 3.63) is 22.1 Å². The Labute approximate surface area is 92.5 Å². The first kappa shape index (κ1) is 12.0. The summed E-state index contributed by atoms with van der Waals surface area (Å²) < 4.78 is 0. The molecule has 1 rings (SSSR count). The fourth-order valence-electron chi connectivity index (χ4n) is 1.08. The van der Waals surface area contributed by atoms with E-state index in [9.17, 15) is 9.59 Å². The monoisotopic (exact) mass is 226 g/mol. The molecule has 0 fully saturated rings. The third kappa shape index (κ3) is 4.29. The number of unbranched alkanes of at least 4 members (excludes halogenated alkanes) is 1. The molecule has 0 aliphatic carbocycles. The molecule has 1 heterocycles. The Morgan fingerprint density at radius 1 is 1.60 bits per heavy atom. The van der Waals surface area contributed by atoms with E-state index in [1.54, 1.807) is 6.92 Å². The number of aromatic nitrogens is 2. The van der Waals surface area contributed by atoms with E-state index in [1.165, 1.54) is 6.07 Å². The van der Waals surface area contributed by atoms with Crippen molar-refractivity contribution in [3.63, 3.8) is 0 Å². The number of carbonyl (C=O) groups excluding carboxylic acids is 1. The van der Waals surface area contributed by atoms with Crippen LogP contribution >= 0.6 is 11.8 Å². The average Bonchev–Trinajstić information content (AvgIpc) is 2.13. The van der Waals surface area contributed by atoms with Crippen LogP contribution in [0.2, 0.25) is 0 Å². The molecule has 1 aromatic rings. The Bertz CT molecular complexity index is 401. The second kappa shape index (κ2) is 5.70. The zero-order valence-electron chi connectivity index (χ0n) is 8.87. The van der Waals surface area contributed by atoms with Crippen molar-refractivity contribution in [3.8, 4) is 0 Å². The van der Waals surface area contributed by atoms with E-state index in [-0.39, 0.29) is 10.7 Å². The maximum absolute atomic E-state index is 11.4. The third-order valence-corrected chi connectivity index (χ3v) is 2.61. The molecular weight excluding hydrogens is 212 g/mol. The van der Waals surface area contributed by atoms with Gasteiger partial charge in [-0.1, -0.05) is 13.3 Å². The standard InChI is InChI=1S/C10H14N2O2S/c1-3-4-5-9(14)15-10-11-7(2)6-8(13)12-10/h6H,3-5H2,1-2H3,(H,11,12,13). The molecule has 0 unspecified atom stereocenters. The van der Waals surface area contributed by atoms with Crippen LogP contribution in [0.3, 0.4) is 0 Å². The molecular formula is C10H14N2O2S. The number of carbonyl (C=O) groups is 1. The van der Waals surface area contributed by atoms with Crippen molar-refractivity contribution >= 4 is 16.9 Å². The van der Waals surface area contributed by atoms with E-state index in [0.717, 1.165) is 24.6 Å². The third-order valence-electron chi connectivity index (χ3n) is 1.79. The predicted octanol–water partition coefficient (Wildman–Crippen LogP) is 1.89. The highest BCUT2D eigenvalue weighted by atomic mass is 32.2. The van der Waals surface area contributed by atoms with Crippen LogP contribution in [0.5, 0.6) is 0 Å². The molecule has 4 nitrogen and oxygen atoms in total. The number of aromatic amines is 1. The summed E-state index contributed by atoms with van der Waals surface area (Å²) in [5.41, 5.74) is 0.415. The summed E-state index contributed by atoms with van der Waals surface area (Å²) in [6.07, 6.45) is 2.39. The fraction of sp³-hybridized carbons (Fsp3) is 0.500. The van der Waals surface area contributed by atoms with Gasteiger partial charge in [-0.3, -0.25) is 9.59 Å². The van der Waals surface area contributed by atoms with Crippen molar-refractivity contribution in [1.29, 1.82) is 0 Å². The van der Waals surface area contributed by atoms with E-state index in [0.29, 0.717) is 17.3 Å². The average molecular weight is 226 g/mol. The topological polar surface area (TPSA) is 62.8 Å². The summed E-state index contributed by atoms with van der Waals surface area (Å²) in [5.74, 6) is 0. The normalized spacial score (nSPS) is 10.3. The Morgan fingerprint density at radius 3 is 2.93 bits per heavy atom. The van der Waals surface area contributed by atoms with Gasteiger partial charge in [0.05, 0.1) is 0 Å². The Hall–Kier alpha value is -1.10. The largest absolute Gasteiger partial charge is 0.301 e. The summed E-state index contributed by atoms with van der Waals surface area (Å²) in [4.78, 5) is 29.1. The first-order valence-corrected chi connectivity index (χ1v) is 5.72. The number of hydrogen-bond acceptors (Lipinski definition) is 4. The lowest BCUT2D eigenvalue weighted by Gasteiger charge is -1.99. The number of H-pyrrole nitrogens is 1. The number of thioether (sulfide) groups is 1. The van der Waals surface area contributed by atoms with E-state index >= 15 is 0 Å². The van der Waals surface area contributed by atoms with E-state index in [1.807, 2.05) is 6.92 Å². The first-order chi connectivity index (χ1) is 7.11. The molecule has 0 aromatic carbocycles. The molecule has 15 heavy (non-hydrogen) atoms. The minimum Gasteiger partial charge on any atom is -0.301 e. The number of rotatable bonds is 4. The fourth-order valence-corrected chi connectivity index (χ4v) is 1.88. The molecule has 0 atom stereocenters. The van der Waals surface area contributed by atoms with Gasteiger partial charge in [0.25, 0.3) is 5.56 Å². The SMILES string of the molecule is CCCCC(=O)Sc1nc(C)cc(=O)[nH]1. The van der Waals surface area contributed by atoms with Gasteiger partial charge in [0.15, 0.2) is 10.3 Å². The minimum atomic E-state index is -0.215. The van der Waals surface area contributed by atoms with Crippen LogP contribution in [0.1, 0.15) is 31.9 Å². The molecule has 5 heteroatoms. The summed E-state index contributed by atoms with van der Waals surface area (Å²) in [7, 11) is 0. The summed E-state index contributed by atoms with van der Waals surface area (Å²) in [6.45, 7) is 3.76. The van der Waals surface area contributed by atoms with Gasteiger partial charge in [-0.25, -0.2) is 4.98 Å². The van der Waals surface area contributed by atoms with Gasteiger partial charge in [0.2, 0.25) is 0 Å². The Morgan fingerprint density at radius 2 is 2.33 bits per heavy atom. The zero-order chi connectivity index (χ0) is 11.3. The zero-order valence-corrected chi connectivity index (χ0v) is 9.69. The number of aryl methyl sites for hydroxylation is 1. The van der Waals surface area contributed by atoms with Crippen molar-refractivity contribution in [2.45, 2.75) is 38.3 Å². The van der Waals surface area contributed by atoms with Gasteiger partial charge in [0, 0.05) is 18.2 Å². The van der Waals surface area contributed by atoms with Crippen molar-refractivity contribution < 1.29 is 4.79 Å². The summed E-state index contributed by atoms with van der Waals surface area (Å²) in [5, 5.41) is 0.437. The Kier molecular flexibility index (Phi) is 4.55. The summed E-state index contributed by atoms with van der Waals surface area (Å²) in [6, 6.07) is 1.40. The molecule has 0 bridgehead atoms. The van der Waals surface area contributed by atoms with Crippen LogP contribution < -0.4 is 5.56 Å². The van der Waals surface area contributed by atoms with Gasteiger partial charge in [-0.2, -0.15) is 0 Å². The highest BCUT2D eigenvalue weighted by molar-refractivity contribution is 8.13. The molecule has 0 spiro atoms. The maximum atomic E-state index is 11.4. The van der Waals surface area contributed by atoms with Crippen LogP contribution in [-0.2, 0) is 4.79 Å². The smallest absolute Gasteiger partial charge is 0.251 e. The highest BCUT2D eigenvalue weighted by Gasteiger charge is 2.06. The Balaban J connectivity index is 2.64. The first-order valence-electron chi connectivity index (χ1n) is 4.90. The predicted molar refractivity (Wildman–Crippen MR) is 60.0 cm³/mol. The maximum Gasteiger partial charge on any atom is 0.251 e. The molecule has 0 amide bonds. The van der Waals surface area contributed by atoms with Crippen LogP contribution in [0, 0.1) is 6.92 Å². The molecule has 0 aliphatic heterocycles. The minimum absolute atomic E-state index is 0.0469. The number of nitrogens with zero attached hydrogens (tertiary/aromatic N) is 1. The van der Waals surface area contributed by atoms with Crippen LogP contribution in [0.25, 0.3) is 0 Å². The van der Waals surface area contributed by atoms with Crippen molar-refractivity contribution in [2.75, 3.05) is 0 Å². The van der Waals surface area contributed by atoms with Crippen LogP contribution in [-0.4, -0.2) is 15.1 Å². The van der Waals surface area contributed by atoms with E-state index in [2.05, 4.69) is 9.97 Å². The van der Waals surface area contributed by atoms with Gasteiger partial charge >= 0.3 is 0 Å². The van der Waals surface area contributed by atoms with Gasteiger partial charge in [-0.15, -0.1) is 0 Å². The number of hydrogen-bond donors (Lipinski definition) is 1. The second-order valence-electron chi connectivity index (χ2n) is 3.27. The van der Waals surface area contributed by atoms with Crippen LogP contribution in [0.4, 0.5) is 0 Å². The lowest BCUT2D eigenvalue weighted by molar-refractivity contribution is -0.111. The van der Waals surface area contributed by atoms with Crippen molar-refractivity contribution in [1.82, 2.24) is 9.97 Å². The number of nitrogens with one attached hydrogen (secondary N) is 1. The molecule has 0 aliphatic rings.